The maximum atomic E-state index is 12.4. The Morgan fingerprint density at radius 3 is 2.25 bits per heavy atom. The van der Waals surface area contributed by atoms with Crippen LogP contribution < -0.4 is 4.74 Å². The van der Waals surface area contributed by atoms with Crippen molar-refractivity contribution in [1.29, 1.82) is 0 Å². The van der Waals surface area contributed by atoms with Crippen LogP contribution in [0.5, 0.6) is 5.75 Å². The predicted molar refractivity (Wildman–Crippen MR) is 145 cm³/mol. The smallest absolute Gasteiger partial charge is 0.305 e. The molecule has 1 heterocycles. The molecule has 2 aromatic carbocycles. The molecule has 2 fully saturated rings. The first-order chi connectivity index (χ1) is 17.3. The van der Waals surface area contributed by atoms with E-state index in [0.29, 0.717) is 18.3 Å². The predicted octanol–water partition coefficient (Wildman–Crippen LogP) is 5.73. The number of hydrogen-bond donors (Lipinski definition) is 0. The molecule has 0 N–H and O–H groups in total. The van der Waals surface area contributed by atoms with Gasteiger partial charge in [-0.1, -0.05) is 49.4 Å². The number of ether oxygens (including phenoxy) is 2. The van der Waals surface area contributed by atoms with E-state index >= 15 is 0 Å². The SMILES string of the molecule is COC(=O)CC1CC2(CCC(c3ccccc3)(N(C)C)CC2)CN(Cc2ccc(OC)cc2)CC1C. The van der Waals surface area contributed by atoms with Crippen LogP contribution in [0, 0.1) is 17.3 Å². The zero-order valence-corrected chi connectivity index (χ0v) is 22.8. The van der Waals surface area contributed by atoms with E-state index in [2.05, 4.69) is 85.4 Å². The summed E-state index contributed by atoms with van der Waals surface area (Å²) in [6, 6.07) is 19.5. The minimum absolute atomic E-state index is 0.0725. The Bertz CT molecular complexity index is 981. The van der Waals surface area contributed by atoms with Crippen molar-refractivity contribution in [3.8, 4) is 5.75 Å². The zero-order chi connectivity index (χ0) is 25.8. The molecule has 4 rings (SSSR count). The molecule has 0 amide bonds. The van der Waals surface area contributed by atoms with E-state index in [-0.39, 0.29) is 16.9 Å². The number of nitrogens with zero attached hydrogens (tertiary/aromatic N) is 2. The van der Waals surface area contributed by atoms with E-state index in [4.69, 9.17) is 9.47 Å². The Morgan fingerprint density at radius 1 is 1.00 bits per heavy atom. The lowest BCUT2D eigenvalue weighted by atomic mass is 9.61. The fraction of sp³-hybridized carbons (Fsp3) is 0.581. The van der Waals surface area contributed by atoms with E-state index < -0.39 is 0 Å². The molecule has 5 heteroatoms. The minimum atomic E-state index is -0.0756. The largest absolute Gasteiger partial charge is 0.497 e. The lowest BCUT2D eigenvalue weighted by Crippen LogP contribution is -2.49. The van der Waals surface area contributed by atoms with Gasteiger partial charge in [-0.3, -0.25) is 14.6 Å². The van der Waals surface area contributed by atoms with Gasteiger partial charge in [0.05, 0.1) is 14.2 Å². The molecule has 2 unspecified atom stereocenters. The Hall–Kier alpha value is -2.37. The maximum Gasteiger partial charge on any atom is 0.305 e. The maximum absolute atomic E-state index is 12.4. The van der Waals surface area contributed by atoms with E-state index in [1.165, 1.54) is 31.1 Å². The number of esters is 1. The Balaban J connectivity index is 1.59. The van der Waals surface area contributed by atoms with Crippen molar-refractivity contribution in [3.63, 3.8) is 0 Å². The van der Waals surface area contributed by atoms with Gasteiger partial charge in [-0.15, -0.1) is 0 Å². The molecule has 2 atom stereocenters. The molecule has 2 aliphatic rings. The van der Waals surface area contributed by atoms with Crippen molar-refractivity contribution in [2.24, 2.45) is 17.3 Å². The molecule has 1 aliphatic heterocycles. The van der Waals surface area contributed by atoms with Gasteiger partial charge in [0.1, 0.15) is 5.75 Å². The van der Waals surface area contributed by atoms with Crippen LogP contribution in [0.25, 0.3) is 0 Å². The van der Waals surface area contributed by atoms with Gasteiger partial charge in [0.25, 0.3) is 0 Å². The number of likely N-dealkylation sites (tertiary alicyclic amines) is 1. The third-order valence-corrected chi connectivity index (χ3v) is 9.13. The fourth-order valence-corrected chi connectivity index (χ4v) is 6.90. The summed E-state index contributed by atoms with van der Waals surface area (Å²) in [4.78, 5) is 17.5. The van der Waals surface area contributed by atoms with Crippen molar-refractivity contribution in [3.05, 3.63) is 65.7 Å². The molecule has 196 valence electrons. The van der Waals surface area contributed by atoms with Gasteiger partial charge < -0.3 is 9.47 Å². The molecule has 0 bridgehead atoms. The van der Waals surface area contributed by atoms with E-state index in [1.54, 1.807) is 7.11 Å². The van der Waals surface area contributed by atoms with Gasteiger partial charge in [-0.05, 0) is 86.7 Å². The van der Waals surface area contributed by atoms with E-state index in [1.807, 2.05) is 0 Å². The first kappa shape index (κ1) is 26.7. The van der Waals surface area contributed by atoms with Crippen LogP contribution in [0.3, 0.4) is 0 Å². The van der Waals surface area contributed by atoms with Crippen LogP contribution in [0.4, 0.5) is 0 Å². The van der Waals surface area contributed by atoms with Crippen LogP contribution >= 0.6 is 0 Å². The van der Waals surface area contributed by atoms with Crippen LogP contribution in [0.1, 0.15) is 56.6 Å². The molecule has 1 saturated heterocycles. The highest BCUT2D eigenvalue weighted by molar-refractivity contribution is 5.69. The molecule has 0 radical (unpaired) electrons. The van der Waals surface area contributed by atoms with Gasteiger partial charge in [-0.2, -0.15) is 0 Å². The topological polar surface area (TPSA) is 42.0 Å². The summed E-state index contributed by atoms with van der Waals surface area (Å²) in [6.07, 6.45) is 6.24. The highest BCUT2D eigenvalue weighted by atomic mass is 16.5. The van der Waals surface area contributed by atoms with Crippen LogP contribution in [-0.2, 0) is 21.6 Å². The second kappa shape index (κ2) is 11.4. The molecule has 1 saturated carbocycles. The number of hydrogen-bond acceptors (Lipinski definition) is 5. The van der Waals surface area contributed by atoms with Gasteiger partial charge in [0.15, 0.2) is 0 Å². The third kappa shape index (κ3) is 5.78. The van der Waals surface area contributed by atoms with Crippen LogP contribution in [0.2, 0.25) is 0 Å². The van der Waals surface area contributed by atoms with Crippen molar-refractivity contribution >= 4 is 5.97 Å². The summed E-state index contributed by atoms with van der Waals surface area (Å²) >= 11 is 0. The second-order valence-electron chi connectivity index (χ2n) is 11.5. The van der Waals surface area contributed by atoms with Gasteiger partial charge in [0.2, 0.25) is 0 Å². The molecule has 2 aromatic rings. The van der Waals surface area contributed by atoms with Crippen molar-refractivity contribution in [2.75, 3.05) is 41.4 Å². The minimum Gasteiger partial charge on any atom is -0.497 e. The summed E-state index contributed by atoms with van der Waals surface area (Å²) < 4.78 is 10.5. The standard InChI is InChI=1S/C31H44N2O3/c1-24-21-33(22-25-11-13-28(35-4)14-12-25)23-30(20-26(24)19-29(34)36-5)15-17-31(18-16-30,32(2)3)27-9-7-6-8-10-27/h6-14,24,26H,15-23H2,1-5H3. The number of carbonyl (C=O) groups is 1. The van der Waals surface area contributed by atoms with Crippen molar-refractivity contribution < 1.29 is 14.3 Å². The van der Waals surface area contributed by atoms with Gasteiger partial charge in [-0.25, -0.2) is 0 Å². The lowest BCUT2D eigenvalue weighted by molar-refractivity contribution is -0.142. The quantitative estimate of drug-likeness (QED) is 0.462. The fourth-order valence-electron chi connectivity index (χ4n) is 6.90. The normalized spacial score (nSPS) is 29.2. The van der Waals surface area contributed by atoms with Gasteiger partial charge in [0, 0.05) is 31.6 Å². The Labute approximate surface area is 217 Å². The first-order valence-electron chi connectivity index (χ1n) is 13.4. The van der Waals surface area contributed by atoms with Crippen molar-refractivity contribution in [2.45, 2.75) is 57.5 Å². The second-order valence-corrected chi connectivity index (χ2v) is 11.5. The van der Waals surface area contributed by atoms with Crippen LogP contribution in [-0.4, -0.2) is 57.2 Å². The molecular weight excluding hydrogens is 448 g/mol. The molecular formula is C31H44N2O3. The molecule has 1 aliphatic carbocycles. The molecule has 0 aromatic heterocycles. The van der Waals surface area contributed by atoms with E-state index in [9.17, 15) is 4.79 Å². The van der Waals surface area contributed by atoms with E-state index in [0.717, 1.165) is 44.6 Å². The third-order valence-electron chi connectivity index (χ3n) is 9.13. The summed E-state index contributed by atoms with van der Waals surface area (Å²) in [5.41, 5.74) is 3.02. The number of methoxy groups -OCH3 is 2. The highest BCUT2D eigenvalue weighted by Gasteiger charge is 2.48. The van der Waals surface area contributed by atoms with Crippen molar-refractivity contribution in [1.82, 2.24) is 9.80 Å². The average molecular weight is 493 g/mol. The number of rotatable bonds is 7. The zero-order valence-electron chi connectivity index (χ0n) is 22.8. The Morgan fingerprint density at radius 2 is 1.67 bits per heavy atom. The molecule has 5 nitrogen and oxygen atoms in total. The van der Waals surface area contributed by atoms with Gasteiger partial charge >= 0.3 is 5.97 Å². The van der Waals surface area contributed by atoms with Crippen LogP contribution in [0.15, 0.2) is 54.6 Å². The summed E-state index contributed by atoms with van der Waals surface area (Å²) in [7, 11) is 7.69. The summed E-state index contributed by atoms with van der Waals surface area (Å²) in [6.45, 7) is 5.34. The number of carbonyl (C=O) groups excluding carboxylic acids is 1. The Kier molecular flexibility index (Phi) is 8.41. The lowest BCUT2D eigenvalue weighted by Gasteiger charge is -2.51. The number of benzene rings is 2. The molecule has 1 spiro atoms. The molecule has 36 heavy (non-hydrogen) atoms. The summed E-state index contributed by atoms with van der Waals surface area (Å²) in [5, 5.41) is 0. The monoisotopic (exact) mass is 492 g/mol. The highest BCUT2D eigenvalue weighted by Crippen LogP contribution is 2.53. The summed E-state index contributed by atoms with van der Waals surface area (Å²) in [5.74, 6) is 1.61. The average Bonchev–Trinajstić information content (AvgIpc) is 3.01. The first-order valence-corrected chi connectivity index (χ1v) is 13.4.